The molecule has 5 nitrogen and oxygen atoms in total. The molecule has 0 aromatic carbocycles. The number of amides is 1. The molecule has 0 saturated carbocycles. The first kappa shape index (κ1) is 12.5. The van der Waals surface area contributed by atoms with Crippen LogP contribution in [0.2, 0.25) is 0 Å². The van der Waals surface area contributed by atoms with Gasteiger partial charge in [0.1, 0.15) is 11.9 Å². The fourth-order valence-corrected chi connectivity index (χ4v) is 1.84. The van der Waals surface area contributed by atoms with E-state index in [4.69, 9.17) is 4.74 Å². The van der Waals surface area contributed by atoms with Crippen LogP contribution >= 0.6 is 0 Å². The number of nitrogens with zero attached hydrogens (tertiary/aromatic N) is 2. The largest absolute Gasteiger partial charge is 0.459 e. The Labute approximate surface area is 104 Å². The Hall–Kier alpha value is -1.98. The molecule has 18 heavy (non-hydrogen) atoms. The molecule has 1 fully saturated rings. The highest BCUT2D eigenvalue weighted by Crippen LogP contribution is 2.14. The highest BCUT2D eigenvalue weighted by atomic mass is 19.1. The summed E-state index contributed by atoms with van der Waals surface area (Å²) in [5.74, 6) is -1.15. The van der Waals surface area contributed by atoms with Gasteiger partial charge in [0.2, 0.25) is 6.41 Å². The van der Waals surface area contributed by atoms with Gasteiger partial charge in [0.15, 0.2) is 0 Å². The van der Waals surface area contributed by atoms with Gasteiger partial charge in [-0.3, -0.25) is 9.78 Å². The molecule has 6 heteroatoms. The first-order valence-electron chi connectivity index (χ1n) is 5.70. The minimum Gasteiger partial charge on any atom is -0.459 e. The molecule has 0 unspecified atom stereocenters. The number of likely N-dealkylation sites (tertiary alicyclic amines) is 1. The van der Waals surface area contributed by atoms with E-state index >= 15 is 0 Å². The van der Waals surface area contributed by atoms with Gasteiger partial charge >= 0.3 is 5.97 Å². The second kappa shape index (κ2) is 5.57. The molecule has 0 bridgehead atoms. The maximum absolute atomic E-state index is 12.9. The van der Waals surface area contributed by atoms with Crippen LogP contribution in [0.3, 0.4) is 0 Å². The Bertz CT molecular complexity index is 445. The number of ether oxygens (including phenoxy) is 1. The van der Waals surface area contributed by atoms with E-state index in [0.717, 1.165) is 18.7 Å². The SMILES string of the molecule is O=CN1CCC(OC(=O)c2cncc(F)c2)CC1. The quantitative estimate of drug-likeness (QED) is 0.594. The number of carbonyl (C=O) groups is 2. The number of aromatic nitrogens is 1. The normalized spacial score (nSPS) is 16.4. The second-order valence-corrected chi connectivity index (χ2v) is 4.14. The zero-order valence-corrected chi connectivity index (χ0v) is 9.71. The van der Waals surface area contributed by atoms with E-state index in [2.05, 4.69) is 4.98 Å². The monoisotopic (exact) mass is 252 g/mol. The Morgan fingerprint density at radius 3 is 2.78 bits per heavy atom. The average molecular weight is 252 g/mol. The summed E-state index contributed by atoms with van der Waals surface area (Å²) in [5, 5.41) is 0. The number of halogens is 1. The van der Waals surface area contributed by atoms with E-state index in [9.17, 15) is 14.0 Å². The van der Waals surface area contributed by atoms with Gasteiger partial charge in [0, 0.05) is 32.1 Å². The third kappa shape index (κ3) is 3.03. The van der Waals surface area contributed by atoms with Crippen molar-refractivity contribution in [3.63, 3.8) is 0 Å². The lowest BCUT2D eigenvalue weighted by molar-refractivity contribution is -0.120. The first-order valence-corrected chi connectivity index (χ1v) is 5.70. The number of piperidine rings is 1. The van der Waals surface area contributed by atoms with E-state index in [1.165, 1.54) is 6.20 Å². The van der Waals surface area contributed by atoms with Crippen molar-refractivity contribution in [3.8, 4) is 0 Å². The van der Waals surface area contributed by atoms with Crippen molar-refractivity contribution >= 4 is 12.4 Å². The standard InChI is InChI=1S/C12H13FN2O3/c13-10-5-9(6-14-7-10)12(17)18-11-1-3-15(8-16)4-2-11/h5-8,11H,1-4H2. The minimum atomic E-state index is -0.577. The van der Waals surface area contributed by atoms with Gasteiger partial charge in [-0.1, -0.05) is 0 Å². The van der Waals surface area contributed by atoms with Crippen molar-refractivity contribution in [1.82, 2.24) is 9.88 Å². The number of pyridine rings is 1. The summed E-state index contributed by atoms with van der Waals surface area (Å²) in [6.07, 6.45) is 4.07. The van der Waals surface area contributed by atoms with E-state index in [-0.39, 0.29) is 11.7 Å². The van der Waals surface area contributed by atoms with Crippen LogP contribution in [0.1, 0.15) is 23.2 Å². The summed E-state index contributed by atoms with van der Waals surface area (Å²) in [7, 11) is 0. The van der Waals surface area contributed by atoms with Crippen molar-refractivity contribution in [3.05, 3.63) is 29.8 Å². The third-order valence-corrected chi connectivity index (χ3v) is 2.84. The van der Waals surface area contributed by atoms with Crippen molar-refractivity contribution in [1.29, 1.82) is 0 Å². The van der Waals surface area contributed by atoms with Crippen LogP contribution in [0.5, 0.6) is 0 Å². The molecule has 1 aliphatic heterocycles. The molecule has 1 aliphatic rings. The van der Waals surface area contributed by atoms with Crippen molar-refractivity contribution in [2.24, 2.45) is 0 Å². The van der Waals surface area contributed by atoms with Crippen LogP contribution in [-0.4, -0.2) is 41.5 Å². The summed E-state index contributed by atoms with van der Waals surface area (Å²) < 4.78 is 18.1. The molecule has 0 radical (unpaired) electrons. The predicted octanol–water partition coefficient (Wildman–Crippen LogP) is 0.998. The lowest BCUT2D eigenvalue weighted by atomic mass is 10.1. The molecule has 0 atom stereocenters. The second-order valence-electron chi connectivity index (χ2n) is 4.14. The zero-order valence-electron chi connectivity index (χ0n) is 9.71. The van der Waals surface area contributed by atoms with Crippen LogP contribution in [0.4, 0.5) is 4.39 Å². The van der Waals surface area contributed by atoms with Crippen molar-refractivity contribution < 1.29 is 18.7 Å². The minimum absolute atomic E-state index is 0.104. The number of rotatable bonds is 3. The van der Waals surface area contributed by atoms with Gasteiger partial charge in [-0.25, -0.2) is 9.18 Å². The van der Waals surface area contributed by atoms with Crippen LogP contribution in [0.15, 0.2) is 18.5 Å². The van der Waals surface area contributed by atoms with Gasteiger partial charge < -0.3 is 9.64 Å². The predicted molar refractivity (Wildman–Crippen MR) is 60.3 cm³/mol. The van der Waals surface area contributed by atoms with Crippen LogP contribution < -0.4 is 0 Å². The molecule has 0 spiro atoms. The molecule has 1 aromatic rings. The molecule has 2 heterocycles. The lowest BCUT2D eigenvalue weighted by Gasteiger charge is -2.28. The van der Waals surface area contributed by atoms with Crippen molar-refractivity contribution in [2.45, 2.75) is 18.9 Å². The summed E-state index contributed by atoms with van der Waals surface area (Å²) in [6.45, 7) is 1.14. The van der Waals surface area contributed by atoms with E-state index in [1.54, 1.807) is 4.90 Å². The highest BCUT2D eigenvalue weighted by molar-refractivity contribution is 5.89. The summed E-state index contributed by atoms with van der Waals surface area (Å²) in [4.78, 5) is 27.4. The van der Waals surface area contributed by atoms with Gasteiger partial charge in [0.05, 0.1) is 11.8 Å². The van der Waals surface area contributed by atoms with Crippen LogP contribution in [0, 0.1) is 5.82 Å². The van der Waals surface area contributed by atoms with Gasteiger partial charge in [0.25, 0.3) is 0 Å². The van der Waals surface area contributed by atoms with E-state index in [1.807, 2.05) is 0 Å². The topological polar surface area (TPSA) is 59.5 Å². The van der Waals surface area contributed by atoms with Crippen LogP contribution in [-0.2, 0) is 9.53 Å². The Morgan fingerprint density at radius 1 is 1.44 bits per heavy atom. The van der Waals surface area contributed by atoms with E-state index < -0.39 is 11.8 Å². The summed E-state index contributed by atoms with van der Waals surface area (Å²) >= 11 is 0. The number of hydrogen-bond acceptors (Lipinski definition) is 4. The first-order chi connectivity index (χ1) is 8.69. The molecule has 0 N–H and O–H groups in total. The smallest absolute Gasteiger partial charge is 0.340 e. The van der Waals surface area contributed by atoms with E-state index in [0.29, 0.717) is 25.9 Å². The zero-order chi connectivity index (χ0) is 13.0. The Morgan fingerprint density at radius 2 is 2.17 bits per heavy atom. The van der Waals surface area contributed by atoms with Gasteiger partial charge in [-0.2, -0.15) is 0 Å². The Kier molecular flexibility index (Phi) is 3.86. The van der Waals surface area contributed by atoms with Crippen LogP contribution in [0.25, 0.3) is 0 Å². The molecule has 1 amide bonds. The fraction of sp³-hybridized carbons (Fsp3) is 0.417. The molecular weight excluding hydrogens is 239 g/mol. The molecular formula is C12H13FN2O3. The molecule has 0 aliphatic carbocycles. The number of carbonyl (C=O) groups excluding carboxylic acids is 2. The van der Waals surface area contributed by atoms with Gasteiger partial charge in [-0.15, -0.1) is 0 Å². The van der Waals surface area contributed by atoms with Crippen molar-refractivity contribution in [2.75, 3.05) is 13.1 Å². The number of esters is 1. The van der Waals surface area contributed by atoms with Gasteiger partial charge in [-0.05, 0) is 6.07 Å². The molecule has 1 aromatic heterocycles. The fourth-order valence-electron chi connectivity index (χ4n) is 1.84. The lowest BCUT2D eigenvalue weighted by Crippen LogP contribution is -2.36. The maximum atomic E-state index is 12.9. The molecule has 1 saturated heterocycles. The molecule has 96 valence electrons. The Balaban J connectivity index is 1.90. The third-order valence-electron chi connectivity index (χ3n) is 2.84. The number of hydrogen-bond donors (Lipinski definition) is 0. The highest BCUT2D eigenvalue weighted by Gasteiger charge is 2.22. The summed E-state index contributed by atoms with van der Waals surface area (Å²) in [6, 6.07) is 1.09. The average Bonchev–Trinajstić information content (AvgIpc) is 2.39. The maximum Gasteiger partial charge on any atom is 0.340 e. The molecule has 2 rings (SSSR count). The summed E-state index contributed by atoms with van der Waals surface area (Å²) in [5.41, 5.74) is 0.104.